The Morgan fingerprint density at radius 1 is 0.243 bits per heavy atom. The second kappa shape index (κ2) is 83.1. The van der Waals surface area contributed by atoms with Gasteiger partial charge in [0.1, 0.15) is 19.3 Å². The highest BCUT2D eigenvalue weighted by Crippen LogP contribution is 2.45. The first-order valence-electron chi connectivity index (χ1n) is 47.5. The Morgan fingerprint density at radius 2 is 0.414 bits per heavy atom. The maximum absolute atomic E-state index is 13.2. The van der Waals surface area contributed by atoms with Gasteiger partial charge in [0, 0.05) is 25.7 Å². The Labute approximate surface area is 683 Å². The van der Waals surface area contributed by atoms with Gasteiger partial charge >= 0.3 is 39.5 Å². The van der Waals surface area contributed by atoms with E-state index >= 15 is 0 Å². The van der Waals surface area contributed by atoms with Gasteiger partial charge in [-0.15, -0.1) is 0 Å². The van der Waals surface area contributed by atoms with Gasteiger partial charge in [0.15, 0.2) is 12.2 Å². The highest BCUT2D eigenvalue weighted by atomic mass is 31.2. The molecule has 0 saturated carbocycles. The summed E-state index contributed by atoms with van der Waals surface area (Å²) in [6.07, 6.45) is 78.1. The van der Waals surface area contributed by atoms with Gasteiger partial charge in [-0.05, 0) is 37.5 Å². The Kier molecular flexibility index (Phi) is 81.7. The predicted molar refractivity (Wildman–Crippen MR) is 460 cm³/mol. The normalized spacial score (nSPS) is 13.7. The molecule has 0 saturated heterocycles. The fraction of sp³-hybridized carbons (Fsp3) is 0.957. The summed E-state index contributed by atoms with van der Waals surface area (Å²) in [5, 5.41) is 10.7. The van der Waals surface area contributed by atoms with E-state index in [4.69, 9.17) is 37.0 Å². The summed E-state index contributed by atoms with van der Waals surface area (Å²) in [4.78, 5) is 73.4. The van der Waals surface area contributed by atoms with Crippen LogP contribution in [0.3, 0.4) is 0 Å². The standard InChI is InChI=1S/C92H180O17P2/c1-7-9-11-13-15-17-19-21-23-25-27-29-34-38-42-46-50-56-62-68-74-89(94)102-80-87(108-91(96)76-70-65-58-52-48-44-40-36-32-31-33-37-41-45-49-54-60-66-72-84(3)4)82-106-110(98,99)104-78-86(93)79-105-111(100,101)107-83-88(81-103-90(95)75-69-63-59-53-55-61-67-73-85(5)6)109-92(97)77-71-64-57-51-47-43-39-35-30-28-26-24-22-20-18-16-14-12-10-8-2/h84-88,93H,7-83H2,1-6H3,(H,98,99)(H,100,101)/t86-,87-,88-/m1/s1. The Bertz CT molecular complexity index is 2120. The summed E-state index contributed by atoms with van der Waals surface area (Å²) < 4.78 is 69.1. The van der Waals surface area contributed by atoms with Crippen LogP contribution >= 0.6 is 15.6 Å². The number of esters is 4. The first-order chi connectivity index (χ1) is 53.9. The predicted octanol–water partition coefficient (Wildman–Crippen LogP) is 28.6. The summed E-state index contributed by atoms with van der Waals surface area (Å²) >= 11 is 0. The van der Waals surface area contributed by atoms with E-state index in [9.17, 15) is 43.2 Å². The van der Waals surface area contributed by atoms with Gasteiger partial charge in [-0.3, -0.25) is 37.3 Å². The number of ether oxygens (including phenoxy) is 4. The molecule has 0 aliphatic rings. The molecule has 0 aliphatic carbocycles. The molecular weight excluding hydrogens is 1440 g/mol. The van der Waals surface area contributed by atoms with Crippen molar-refractivity contribution in [2.45, 2.75) is 516 Å². The molecule has 0 amide bonds. The molecule has 0 radical (unpaired) electrons. The zero-order valence-electron chi connectivity index (χ0n) is 73.3. The number of hydrogen-bond acceptors (Lipinski definition) is 15. The molecule has 2 unspecified atom stereocenters. The molecule has 0 aromatic rings. The quantitative estimate of drug-likeness (QED) is 0.0222. The van der Waals surface area contributed by atoms with E-state index in [0.29, 0.717) is 31.6 Å². The first kappa shape index (κ1) is 109. The second-order valence-electron chi connectivity index (χ2n) is 34.0. The largest absolute Gasteiger partial charge is 0.472 e. The van der Waals surface area contributed by atoms with Gasteiger partial charge in [-0.25, -0.2) is 9.13 Å². The molecule has 0 heterocycles. The minimum Gasteiger partial charge on any atom is -0.462 e. The minimum absolute atomic E-state index is 0.108. The van der Waals surface area contributed by atoms with Crippen molar-refractivity contribution in [3.8, 4) is 0 Å². The molecule has 660 valence electrons. The zero-order chi connectivity index (χ0) is 81.3. The second-order valence-corrected chi connectivity index (χ2v) is 36.9. The monoisotopic (exact) mass is 1620 g/mol. The van der Waals surface area contributed by atoms with E-state index < -0.39 is 97.5 Å². The van der Waals surface area contributed by atoms with E-state index in [1.54, 1.807) is 0 Å². The van der Waals surface area contributed by atoms with Gasteiger partial charge in [-0.2, -0.15) is 0 Å². The van der Waals surface area contributed by atoms with E-state index in [1.807, 2.05) is 0 Å². The van der Waals surface area contributed by atoms with Crippen molar-refractivity contribution in [1.82, 2.24) is 0 Å². The number of hydrogen-bond donors (Lipinski definition) is 3. The van der Waals surface area contributed by atoms with Crippen LogP contribution in [-0.2, 0) is 65.4 Å². The van der Waals surface area contributed by atoms with Crippen LogP contribution in [0, 0.1) is 11.8 Å². The number of aliphatic hydroxyl groups is 1. The summed E-state index contributed by atoms with van der Waals surface area (Å²) in [6.45, 7) is 9.69. The van der Waals surface area contributed by atoms with Crippen LogP contribution in [0.15, 0.2) is 0 Å². The maximum Gasteiger partial charge on any atom is 0.472 e. The van der Waals surface area contributed by atoms with Crippen molar-refractivity contribution in [3.63, 3.8) is 0 Å². The van der Waals surface area contributed by atoms with Crippen LogP contribution < -0.4 is 0 Å². The highest BCUT2D eigenvalue weighted by molar-refractivity contribution is 7.47. The summed E-state index contributed by atoms with van der Waals surface area (Å²) in [5.41, 5.74) is 0. The van der Waals surface area contributed by atoms with Crippen molar-refractivity contribution in [2.24, 2.45) is 11.8 Å². The highest BCUT2D eigenvalue weighted by Gasteiger charge is 2.31. The number of carbonyl (C=O) groups excluding carboxylic acids is 4. The molecule has 0 bridgehead atoms. The number of unbranched alkanes of at least 4 members (excludes halogenated alkanes) is 61. The van der Waals surface area contributed by atoms with Crippen molar-refractivity contribution in [3.05, 3.63) is 0 Å². The van der Waals surface area contributed by atoms with Crippen molar-refractivity contribution < 1.29 is 80.2 Å². The first-order valence-corrected chi connectivity index (χ1v) is 50.5. The Hall–Kier alpha value is -1.94. The molecule has 0 fully saturated rings. The fourth-order valence-corrected chi connectivity index (χ4v) is 16.1. The lowest BCUT2D eigenvalue weighted by molar-refractivity contribution is -0.161. The number of phosphoric ester groups is 2. The third-order valence-electron chi connectivity index (χ3n) is 21.7. The van der Waals surface area contributed by atoms with E-state index in [-0.39, 0.29) is 25.7 Å². The maximum atomic E-state index is 13.2. The molecule has 0 aromatic carbocycles. The average Bonchev–Trinajstić information content (AvgIpc) is 0.901. The minimum atomic E-state index is -4.97. The molecule has 0 aliphatic heterocycles. The van der Waals surface area contributed by atoms with E-state index in [0.717, 1.165) is 102 Å². The molecular formula is C92H180O17P2. The van der Waals surface area contributed by atoms with E-state index in [2.05, 4.69) is 41.5 Å². The van der Waals surface area contributed by atoms with Crippen molar-refractivity contribution in [2.75, 3.05) is 39.6 Å². The van der Waals surface area contributed by atoms with Crippen LogP contribution in [-0.4, -0.2) is 96.7 Å². The summed E-state index contributed by atoms with van der Waals surface area (Å²) in [7, 11) is -9.94. The Morgan fingerprint density at radius 3 is 0.613 bits per heavy atom. The SMILES string of the molecule is CCCCCCCCCCCCCCCCCCCCCCC(=O)OC[C@H](COP(=O)(O)OC[C@@H](O)COP(=O)(O)OC[C@@H](COC(=O)CCCCCCCCCC(C)C)OC(=O)CCCCCCCCCCCCCCCCCCCCCC)OC(=O)CCCCCCCCCCCCCCCCCCCCC(C)C. The average molecular weight is 1620 g/mol. The molecule has 3 N–H and O–H groups in total. The van der Waals surface area contributed by atoms with Crippen molar-refractivity contribution >= 4 is 39.5 Å². The van der Waals surface area contributed by atoms with Gasteiger partial charge in [0.2, 0.25) is 0 Å². The van der Waals surface area contributed by atoms with Crippen LogP contribution in [0.4, 0.5) is 0 Å². The lowest BCUT2D eigenvalue weighted by atomic mass is 10.0. The van der Waals surface area contributed by atoms with Crippen LogP contribution in [0.25, 0.3) is 0 Å². The molecule has 19 heteroatoms. The van der Waals surface area contributed by atoms with Crippen molar-refractivity contribution in [1.29, 1.82) is 0 Å². The van der Waals surface area contributed by atoms with Crippen LogP contribution in [0.1, 0.15) is 497 Å². The van der Waals surface area contributed by atoms with Gasteiger partial charge in [-0.1, -0.05) is 446 Å². The van der Waals surface area contributed by atoms with E-state index in [1.165, 1.54) is 308 Å². The third-order valence-corrected chi connectivity index (χ3v) is 23.6. The number of rotatable bonds is 91. The molecule has 0 rings (SSSR count). The molecule has 17 nitrogen and oxygen atoms in total. The van der Waals surface area contributed by atoms with Gasteiger partial charge in [0.25, 0.3) is 0 Å². The lowest BCUT2D eigenvalue weighted by Crippen LogP contribution is -2.30. The number of carbonyl (C=O) groups is 4. The summed E-state index contributed by atoms with van der Waals surface area (Å²) in [5.74, 6) is -0.572. The molecule has 111 heavy (non-hydrogen) atoms. The van der Waals surface area contributed by atoms with Crippen LogP contribution in [0.5, 0.6) is 0 Å². The fourth-order valence-electron chi connectivity index (χ4n) is 14.5. The molecule has 0 aromatic heterocycles. The third kappa shape index (κ3) is 85.8. The number of phosphoric acid groups is 2. The Balaban J connectivity index is 5.21. The lowest BCUT2D eigenvalue weighted by Gasteiger charge is -2.21. The van der Waals surface area contributed by atoms with Gasteiger partial charge in [0.05, 0.1) is 26.4 Å². The molecule has 5 atom stereocenters. The smallest absolute Gasteiger partial charge is 0.462 e. The summed E-state index contributed by atoms with van der Waals surface area (Å²) in [6, 6.07) is 0. The van der Waals surface area contributed by atoms with Gasteiger partial charge < -0.3 is 33.8 Å². The number of aliphatic hydroxyl groups excluding tert-OH is 1. The molecule has 0 spiro atoms. The zero-order valence-corrected chi connectivity index (χ0v) is 75.1. The topological polar surface area (TPSA) is 237 Å². The van der Waals surface area contributed by atoms with Crippen LogP contribution in [0.2, 0.25) is 0 Å².